The van der Waals surface area contributed by atoms with Gasteiger partial charge in [-0.05, 0) is 37.3 Å². The predicted octanol–water partition coefficient (Wildman–Crippen LogP) is 1.99. The number of ether oxygens (including phenoxy) is 3. The van der Waals surface area contributed by atoms with Gasteiger partial charge in [0.2, 0.25) is 0 Å². The molecule has 0 spiro atoms. The topological polar surface area (TPSA) is 159 Å². The number of esters is 1. The molecule has 2 aromatic carbocycles. The number of hydrogen-bond donors (Lipinski definition) is 2. The molecule has 196 valence electrons. The van der Waals surface area contributed by atoms with E-state index in [4.69, 9.17) is 19.0 Å². The fraction of sp³-hybridized carbons (Fsp3) is 0.292. The van der Waals surface area contributed by atoms with E-state index in [1.54, 1.807) is 6.92 Å². The van der Waals surface area contributed by atoms with Gasteiger partial charge in [-0.25, -0.2) is 4.90 Å². The van der Waals surface area contributed by atoms with E-state index in [0.717, 1.165) is 4.90 Å². The van der Waals surface area contributed by atoms with E-state index in [2.05, 4.69) is 10.8 Å². The normalized spacial score (nSPS) is 13.5. The monoisotopic (exact) mass is 514 g/mol. The number of hydroxylamine groups is 1. The molecule has 13 heteroatoms. The van der Waals surface area contributed by atoms with Gasteiger partial charge in [-0.2, -0.15) is 5.48 Å². The predicted molar refractivity (Wildman–Crippen MR) is 130 cm³/mol. The highest BCUT2D eigenvalue weighted by atomic mass is 16.6. The van der Waals surface area contributed by atoms with Crippen LogP contribution in [0.1, 0.15) is 18.9 Å². The number of benzene rings is 2. The molecule has 13 nitrogen and oxygen atoms in total. The molecular weight excluding hydrogens is 488 g/mol. The summed E-state index contributed by atoms with van der Waals surface area (Å²) in [5, 5.41) is 14.4. The first-order chi connectivity index (χ1) is 17.7. The van der Waals surface area contributed by atoms with E-state index in [1.807, 2.05) is 0 Å². The van der Waals surface area contributed by atoms with Crippen LogP contribution in [0.3, 0.4) is 0 Å². The molecule has 1 heterocycles. The van der Waals surface area contributed by atoms with Crippen molar-refractivity contribution in [2.75, 3.05) is 25.8 Å². The Labute approximate surface area is 212 Å². The maximum absolute atomic E-state index is 12.2. The third-order valence-electron chi connectivity index (χ3n) is 5.24. The van der Waals surface area contributed by atoms with Crippen molar-refractivity contribution in [2.24, 2.45) is 0 Å². The van der Waals surface area contributed by atoms with E-state index in [0.29, 0.717) is 11.4 Å². The van der Waals surface area contributed by atoms with Crippen LogP contribution >= 0.6 is 0 Å². The standard InChI is InChI=1S/C24H26N4O9/c1-15(10-24(31)37-18-6-4-17(5-7-18)27-22(29)8-9-23(27)30)25-14-26-36-13-16-11-20(34-2)21(35-3)12-19(16)28(32)33/h4-9,11-12,15,25-26H,10,13-14H2,1-3H3. The Hall–Kier alpha value is -4.33. The molecular formula is C24H26N4O9. The maximum Gasteiger partial charge on any atom is 0.312 e. The number of nitrogens with one attached hydrogen (secondary N) is 2. The second-order valence-corrected chi connectivity index (χ2v) is 7.83. The van der Waals surface area contributed by atoms with Crippen molar-refractivity contribution in [3.05, 3.63) is 64.2 Å². The van der Waals surface area contributed by atoms with Crippen LogP contribution < -0.4 is 29.9 Å². The minimum Gasteiger partial charge on any atom is -0.493 e. The van der Waals surface area contributed by atoms with Crippen LogP contribution in [-0.4, -0.2) is 49.6 Å². The molecule has 0 aliphatic carbocycles. The second kappa shape index (κ2) is 12.6. The molecule has 0 aromatic heterocycles. The first-order valence-corrected chi connectivity index (χ1v) is 11.1. The summed E-state index contributed by atoms with van der Waals surface area (Å²) in [6.45, 7) is 1.80. The third-order valence-corrected chi connectivity index (χ3v) is 5.24. The van der Waals surface area contributed by atoms with E-state index in [1.165, 1.54) is 62.8 Å². The Morgan fingerprint density at radius 2 is 1.68 bits per heavy atom. The van der Waals surface area contributed by atoms with E-state index in [9.17, 15) is 24.5 Å². The van der Waals surface area contributed by atoms with Crippen molar-refractivity contribution in [3.63, 3.8) is 0 Å². The summed E-state index contributed by atoms with van der Waals surface area (Å²) < 4.78 is 15.6. The number of amides is 2. The van der Waals surface area contributed by atoms with Crippen LogP contribution in [0, 0.1) is 10.1 Å². The smallest absolute Gasteiger partial charge is 0.312 e. The molecule has 1 atom stereocenters. The molecule has 0 saturated carbocycles. The molecule has 0 fully saturated rings. The highest BCUT2D eigenvalue weighted by Crippen LogP contribution is 2.34. The summed E-state index contributed by atoms with van der Waals surface area (Å²) >= 11 is 0. The number of carbonyl (C=O) groups excluding carboxylic acids is 3. The molecule has 0 radical (unpaired) electrons. The first kappa shape index (κ1) is 27.3. The molecule has 1 unspecified atom stereocenters. The maximum atomic E-state index is 12.2. The Bertz CT molecular complexity index is 1180. The Kier molecular flexibility index (Phi) is 9.27. The highest BCUT2D eigenvalue weighted by molar-refractivity contribution is 6.28. The highest BCUT2D eigenvalue weighted by Gasteiger charge is 2.25. The lowest BCUT2D eigenvalue weighted by molar-refractivity contribution is -0.386. The fourth-order valence-corrected chi connectivity index (χ4v) is 3.40. The number of nitro benzene ring substituents is 1. The zero-order chi connectivity index (χ0) is 26.9. The van der Waals surface area contributed by atoms with Crippen molar-refractivity contribution in [2.45, 2.75) is 26.0 Å². The molecule has 37 heavy (non-hydrogen) atoms. The minimum absolute atomic E-state index is 0.0393. The lowest BCUT2D eigenvalue weighted by atomic mass is 10.1. The largest absolute Gasteiger partial charge is 0.493 e. The minimum atomic E-state index is -0.539. The number of carbonyl (C=O) groups is 3. The number of imide groups is 1. The SMILES string of the molecule is COc1cc(CONCNC(C)CC(=O)Oc2ccc(N3C(=O)C=CC3=O)cc2)c([N+](=O)[O-])cc1OC. The van der Waals surface area contributed by atoms with Crippen LogP contribution in [0.4, 0.5) is 11.4 Å². The first-order valence-electron chi connectivity index (χ1n) is 11.1. The summed E-state index contributed by atoms with van der Waals surface area (Å²) in [6.07, 6.45) is 2.41. The van der Waals surface area contributed by atoms with Crippen molar-refractivity contribution in [3.8, 4) is 17.2 Å². The quantitative estimate of drug-likeness (QED) is 0.0766. The number of rotatable bonds is 13. The summed E-state index contributed by atoms with van der Waals surface area (Å²) in [5.41, 5.74) is 3.12. The number of nitrogens with zero attached hydrogens (tertiary/aromatic N) is 2. The van der Waals surface area contributed by atoms with Crippen LogP contribution in [0.5, 0.6) is 17.2 Å². The average molecular weight is 514 g/mol. The molecule has 1 aliphatic heterocycles. The van der Waals surface area contributed by atoms with Gasteiger partial charge < -0.3 is 14.2 Å². The van der Waals surface area contributed by atoms with Gasteiger partial charge >= 0.3 is 5.97 Å². The van der Waals surface area contributed by atoms with Gasteiger partial charge in [0.1, 0.15) is 12.4 Å². The number of anilines is 1. The van der Waals surface area contributed by atoms with Gasteiger partial charge in [0.25, 0.3) is 17.5 Å². The van der Waals surface area contributed by atoms with Gasteiger partial charge in [0, 0.05) is 18.2 Å². The third kappa shape index (κ3) is 7.10. The van der Waals surface area contributed by atoms with E-state index < -0.39 is 22.7 Å². The zero-order valence-electron chi connectivity index (χ0n) is 20.4. The average Bonchev–Trinajstić information content (AvgIpc) is 3.21. The number of hydrogen-bond acceptors (Lipinski definition) is 11. The summed E-state index contributed by atoms with van der Waals surface area (Å²) in [5.74, 6) is -0.529. The van der Waals surface area contributed by atoms with Gasteiger partial charge in [0.15, 0.2) is 11.5 Å². The van der Waals surface area contributed by atoms with Crippen molar-refractivity contribution in [1.29, 1.82) is 0 Å². The van der Waals surface area contributed by atoms with Crippen LogP contribution in [-0.2, 0) is 25.8 Å². The van der Waals surface area contributed by atoms with Crippen molar-refractivity contribution < 1.29 is 38.4 Å². The number of nitro groups is 1. The Morgan fingerprint density at radius 3 is 2.27 bits per heavy atom. The van der Waals surface area contributed by atoms with Gasteiger partial charge in [-0.15, -0.1) is 0 Å². The molecule has 0 saturated heterocycles. The Balaban J connectivity index is 1.41. The number of methoxy groups -OCH3 is 2. The molecule has 2 N–H and O–H groups in total. The fourth-order valence-electron chi connectivity index (χ4n) is 3.40. The molecule has 3 rings (SSSR count). The molecule has 1 aliphatic rings. The van der Waals surface area contributed by atoms with Crippen LogP contribution in [0.2, 0.25) is 0 Å². The zero-order valence-corrected chi connectivity index (χ0v) is 20.4. The molecule has 2 aromatic rings. The van der Waals surface area contributed by atoms with E-state index in [-0.39, 0.29) is 48.5 Å². The van der Waals surface area contributed by atoms with Gasteiger partial charge in [-0.3, -0.25) is 34.7 Å². The van der Waals surface area contributed by atoms with Crippen molar-refractivity contribution >= 4 is 29.2 Å². The van der Waals surface area contributed by atoms with Gasteiger partial charge in [0.05, 0.1) is 49.5 Å². The summed E-state index contributed by atoms with van der Waals surface area (Å²) in [4.78, 5) is 52.8. The lowest BCUT2D eigenvalue weighted by Gasteiger charge is -2.15. The van der Waals surface area contributed by atoms with Gasteiger partial charge in [-0.1, -0.05) is 0 Å². The summed E-state index contributed by atoms with van der Waals surface area (Å²) in [7, 11) is 2.81. The second-order valence-electron chi connectivity index (χ2n) is 7.83. The Morgan fingerprint density at radius 1 is 1.05 bits per heavy atom. The van der Waals surface area contributed by atoms with Crippen molar-refractivity contribution in [1.82, 2.24) is 10.8 Å². The van der Waals surface area contributed by atoms with Crippen LogP contribution in [0.15, 0.2) is 48.6 Å². The van der Waals surface area contributed by atoms with Crippen LogP contribution in [0.25, 0.3) is 0 Å². The molecule has 0 bridgehead atoms. The molecule has 2 amide bonds. The van der Waals surface area contributed by atoms with E-state index >= 15 is 0 Å². The summed E-state index contributed by atoms with van der Waals surface area (Å²) in [6, 6.07) is 8.45. The lowest BCUT2D eigenvalue weighted by Crippen LogP contribution is -2.37.